The van der Waals surface area contributed by atoms with Crippen LogP contribution in [0.3, 0.4) is 0 Å². The number of hydrogen-bond acceptors (Lipinski definition) is 3. The molecule has 0 spiro atoms. The molecule has 0 aromatic heterocycles. The third-order valence-electron chi connectivity index (χ3n) is 4.06. The van der Waals surface area contributed by atoms with Gasteiger partial charge in [0, 0.05) is 5.97 Å². The van der Waals surface area contributed by atoms with Crippen LogP contribution in [0.5, 0.6) is 0 Å². The molecule has 0 aromatic rings. The van der Waals surface area contributed by atoms with Crippen LogP contribution in [0.25, 0.3) is 0 Å². The predicted molar refractivity (Wildman–Crippen MR) is 85.9 cm³/mol. The molecular weight excluding hydrogens is 287 g/mol. The van der Waals surface area contributed by atoms with Crippen molar-refractivity contribution in [3.63, 3.8) is 0 Å². The molecule has 0 radical (unpaired) electrons. The summed E-state index contributed by atoms with van der Waals surface area (Å²) in [6, 6.07) is 0. The number of aliphatic hydroxyl groups excluding tert-OH is 1. The van der Waals surface area contributed by atoms with Crippen LogP contribution in [0.2, 0.25) is 0 Å². The number of unbranched alkanes of at least 4 members (excludes halogenated alkanes) is 10. The first-order valence-corrected chi connectivity index (χ1v) is 9.04. The van der Waals surface area contributed by atoms with Gasteiger partial charge in [0.05, 0.1) is 6.10 Å². The number of carboxylic acids is 1. The summed E-state index contributed by atoms with van der Waals surface area (Å²) < 4.78 is 0. The summed E-state index contributed by atoms with van der Waals surface area (Å²) >= 11 is 0. The van der Waals surface area contributed by atoms with E-state index < -0.39 is 5.97 Å². The topological polar surface area (TPSA) is 60.4 Å². The summed E-state index contributed by atoms with van der Waals surface area (Å²) in [4.78, 5) is 10.2. The van der Waals surface area contributed by atoms with E-state index in [4.69, 9.17) is 0 Å². The number of aliphatic carboxylic acids is 1. The Hall–Kier alpha value is 0.430. The van der Waals surface area contributed by atoms with Crippen molar-refractivity contribution in [1.82, 2.24) is 0 Å². The molecular formula is C18H35NaO3. The van der Waals surface area contributed by atoms with E-state index in [1.165, 1.54) is 44.9 Å². The molecule has 0 heterocycles. The molecule has 0 saturated carbocycles. The fourth-order valence-electron chi connectivity index (χ4n) is 2.66. The van der Waals surface area contributed by atoms with Crippen LogP contribution in [0.4, 0.5) is 0 Å². The average Bonchev–Trinajstić information content (AvgIpc) is 2.45. The summed E-state index contributed by atoms with van der Waals surface area (Å²) in [6.45, 7) is 2.24. The largest absolute Gasteiger partial charge is 1.00 e. The van der Waals surface area contributed by atoms with Crippen LogP contribution in [-0.4, -0.2) is 17.2 Å². The van der Waals surface area contributed by atoms with Gasteiger partial charge in [-0.05, 0) is 25.7 Å². The Morgan fingerprint density at radius 1 is 0.818 bits per heavy atom. The molecule has 1 unspecified atom stereocenters. The second-order valence-corrected chi connectivity index (χ2v) is 6.24. The van der Waals surface area contributed by atoms with Crippen molar-refractivity contribution in [3.05, 3.63) is 0 Å². The van der Waals surface area contributed by atoms with Gasteiger partial charge in [0.1, 0.15) is 0 Å². The molecule has 0 aliphatic carbocycles. The molecule has 0 aliphatic heterocycles. The monoisotopic (exact) mass is 322 g/mol. The maximum Gasteiger partial charge on any atom is 1.00 e. The molecule has 0 aliphatic rings. The number of carboxylic acid groups (broad SMARTS) is 1. The molecule has 126 valence electrons. The first-order chi connectivity index (χ1) is 10.2. The van der Waals surface area contributed by atoms with Crippen LogP contribution in [-0.2, 0) is 4.79 Å². The first kappa shape index (κ1) is 24.7. The molecule has 0 amide bonds. The molecule has 22 heavy (non-hydrogen) atoms. The quantitative estimate of drug-likeness (QED) is 0.340. The molecule has 0 bridgehead atoms. The van der Waals surface area contributed by atoms with Gasteiger partial charge in [-0.1, -0.05) is 77.6 Å². The van der Waals surface area contributed by atoms with E-state index in [0.29, 0.717) is 6.42 Å². The van der Waals surface area contributed by atoms with Crippen molar-refractivity contribution in [2.45, 2.75) is 109 Å². The Morgan fingerprint density at radius 3 is 1.68 bits per heavy atom. The number of carbonyl (C=O) groups excluding carboxylic acids is 1. The van der Waals surface area contributed by atoms with E-state index in [-0.39, 0.29) is 42.1 Å². The molecule has 1 N–H and O–H groups in total. The van der Waals surface area contributed by atoms with E-state index in [1.54, 1.807) is 0 Å². The van der Waals surface area contributed by atoms with Gasteiger partial charge < -0.3 is 15.0 Å². The zero-order chi connectivity index (χ0) is 15.8. The fourth-order valence-corrected chi connectivity index (χ4v) is 2.66. The summed E-state index contributed by atoms with van der Waals surface area (Å²) in [7, 11) is 0. The normalized spacial score (nSPS) is 11.9. The van der Waals surface area contributed by atoms with Crippen LogP contribution >= 0.6 is 0 Å². The minimum atomic E-state index is -0.954. The van der Waals surface area contributed by atoms with Gasteiger partial charge in [0.25, 0.3) is 0 Å². The number of rotatable bonds is 16. The van der Waals surface area contributed by atoms with Crippen LogP contribution < -0.4 is 34.7 Å². The molecule has 3 nitrogen and oxygen atoms in total. The standard InChI is InChI=1S/C18H36O3.Na/c1-2-3-4-5-6-7-8-11-14-17(19)15-12-9-10-13-16-18(20)21;/h17,19H,2-16H2,1H3,(H,20,21);/q;+1/p-1. The SMILES string of the molecule is CCCCCCCCCCC(O)CCCCCCC(=O)[O-].[Na+]. The van der Waals surface area contributed by atoms with Crippen molar-refractivity contribution < 1.29 is 44.6 Å². The van der Waals surface area contributed by atoms with Gasteiger partial charge in [-0.3, -0.25) is 0 Å². The Kier molecular flexibility index (Phi) is 21.8. The van der Waals surface area contributed by atoms with E-state index in [2.05, 4.69) is 6.92 Å². The van der Waals surface area contributed by atoms with E-state index in [0.717, 1.165) is 38.5 Å². The minimum Gasteiger partial charge on any atom is -0.550 e. The summed E-state index contributed by atoms with van der Waals surface area (Å²) in [5.41, 5.74) is 0. The molecule has 0 rings (SSSR count). The van der Waals surface area contributed by atoms with E-state index in [9.17, 15) is 15.0 Å². The Labute approximate surface area is 159 Å². The summed E-state index contributed by atoms with van der Waals surface area (Å²) in [5.74, 6) is -0.954. The average molecular weight is 322 g/mol. The van der Waals surface area contributed by atoms with Crippen molar-refractivity contribution in [1.29, 1.82) is 0 Å². The van der Waals surface area contributed by atoms with Crippen LogP contribution in [0.15, 0.2) is 0 Å². The maximum absolute atomic E-state index is 10.2. The van der Waals surface area contributed by atoms with Crippen LogP contribution in [0.1, 0.15) is 103 Å². The first-order valence-electron chi connectivity index (χ1n) is 9.04. The van der Waals surface area contributed by atoms with Gasteiger partial charge in [0.2, 0.25) is 0 Å². The zero-order valence-corrected chi connectivity index (χ0v) is 16.9. The molecule has 0 fully saturated rings. The van der Waals surface area contributed by atoms with Gasteiger partial charge >= 0.3 is 29.6 Å². The van der Waals surface area contributed by atoms with Gasteiger partial charge in [0.15, 0.2) is 0 Å². The number of hydrogen-bond donors (Lipinski definition) is 1. The summed E-state index contributed by atoms with van der Waals surface area (Å²) in [6.07, 6.45) is 15.9. The fraction of sp³-hybridized carbons (Fsp3) is 0.944. The van der Waals surface area contributed by atoms with Crippen molar-refractivity contribution in [2.75, 3.05) is 0 Å². The molecule has 1 atom stereocenters. The molecule has 4 heteroatoms. The van der Waals surface area contributed by atoms with Crippen LogP contribution in [0, 0.1) is 0 Å². The minimum absolute atomic E-state index is 0. The van der Waals surface area contributed by atoms with E-state index in [1.807, 2.05) is 0 Å². The number of aliphatic hydroxyl groups is 1. The number of carbonyl (C=O) groups is 1. The van der Waals surface area contributed by atoms with Crippen molar-refractivity contribution >= 4 is 5.97 Å². The Morgan fingerprint density at radius 2 is 1.23 bits per heavy atom. The van der Waals surface area contributed by atoms with Crippen molar-refractivity contribution in [3.8, 4) is 0 Å². The second-order valence-electron chi connectivity index (χ2n) is 6.24. The zero-order valence-electron chi connectivity index (χ0n) is 14.9. The third kappa shape index (κ3) is 20.4. The van der Waals surface area contributed by atoms with Crippen molar-refractivity contribution in [2.24, 2.45) is 0 Å². The van der Waals surface area contributed by atoms with Gasteiger partial charge in [-0.15, -0.1) is 0 Å². The van der Waals surface area contributed by atoms with E-state index >= 15 is 0 Å². The smallest absolute Gasteiger partial charge is 0.550 e. The third-order valence-corrected chi connectivity index (χ3v) is 4.06. The Balaban J connectivity index is 0. The van der Waals surface area contributed by atoms with Gasteiger partial charge in [-0.2, -0.15) is 0 Å². The summed E-state index contributed by atoms with van der Waals surface area (Å²) in [5, 5.41) is 20.1. The second kappa shape index (κ2) is 19.5. The maximum atomic E-state index is 10.2. The Bertz CT molecular complexity index is 234. The molecule has 0 aromatic carbocycles. The molecule has 0 saturated heterocycles. The predicted octanol–water partition coefficient (Wildman–Crippen LogP) is 0.973. The van der Waals surface area contributed by atoms with Gasteiger partial charge in [-0.25, -0.2) is 0 Å².